The van der Waals surface area contributed by atoms with Gasteiger partial charge >= 0.3 is 6.18 Å². The van der Waals surface area contributed by atoms with E-state index in [0.717, 1.165) is 41.8 Å². The molecule has 21 heavy (non-hydrogen) atoms. The fourth-order valence-corrected chi connectivity index (χ4v) is 2.22. The Balaban J connectivity index is 2.20. The van der Waals surface area contributed by atoms with Crippen molar-refractivity contribution in [2.24, 2.45) is 0 Å². The Hall–Kier alpha value is -1.82. The number of aliphatic hydroxyl groups excluding tert-OH is 1. The van der Waals surface area contributed by atoms with Crippen molar-refractivity contribution < 1.29 is 18.3 Å². The summed E-state index contributed by atoms with van der Waals surface area (Å²) in [6.45, 7) is 2.34. The highest BCUT2D eigenvalue weighted by molar-refractivity contribution is 5.26. The van der Waals surface area contributed by atoms with E-state index in [9.17, 15) is 18.3 Å². The number of rotatable bonds is 5. The van der Waals surface area contributed by atoms with Crippen LogP contribution in [0.1, 0.15) is 35.7 Å². The predicted octanol–water partition coefficient (Wildman–Crippen LogP) is 3.40. The maximum atomic E-state index is 12.5. The van der Waals surface area contributed by atoms with Gasteiger partial charge in [0.1, 0.15) is 0 Å². The minimum absolute atomic E-state index is 0.0810. The Labute approximate surface area is 121 Å². The van der Waals surface area contributed by atoms with Crippen molar-refractivity contribution in [1.29, 1.82) is 0 Å². The first-order chi connectivity index (χ1) is 9.95. The minimum atomic E-state index is -4.32. The Morgan fingerprint density at radius 1 is 1.19 bits per heavy atom. The van der Waals surface area contributed by atoms with E-state index in [1.807, 2.05) is 6.92 Å². The summed E-state index contributed by atoms with van der Waals surface area (Å²) < 4.78 is 39.3. The molecule has 1 heterocycles. The van der Waals surface area contributed by atoms with Crippen molar-refractivity contribution in [2.75, 3.05) is 0 Å². The van der Waals surface area contributed by atoms with Crippen molar-refractivity contribution in [3.63, 3.8) is 0 Å². The van der Waals surface area contributed by atoms with E-state index >= 15 is 0 Å². The number of benzene rings is 1. The van der Waals surface area contributed by atoms with E-state index in [0.29, 0.717) is 6.54 Å². The van der Waals surface area contributed by atoms with Gasteiger partial charge in [0.2, 0.25) is 0 Å². The van der Waals surface area contributed by atoms with Crippen molar-refractivity contribution >= 4 is 0 Å². The molecule has 1 aromatic carbocycles. The van der Waals surface area contributed by atoms with Crippen LogP contribution >= 0.6 is 0 Å². The number of hydrogen-bond acceptors (Lipinski definition) is 2. The molecule has 0 spiro atoms. The minimum Gasteiger partial charge on any atom is -0.392 e. The fraction of sp³-hybridized carbons (Fsp3) is 0.400. The highest BCUT2D eigenvalue weighted by atomic mass is 19.4. The number of alkyl halides is 3. The van der Waals surface area contributed by atoms with E-state index in [-0.39, 0.29) is 6.61 Å². The second kappa shape index (κ2) is 6.30. The lowest BCUT2D eigenvalue weighted by molar-refractivity contribution is -0.137. The molecule has 0 saturated heterocycles. The van der Waals surface area contributed by atoms with Crippen LogP contribution in [0.4, 0.5) is 13.2 Å². The van der Waals surface area contributed by atoms with Crippen LogP contribution in [0.2, 0.25) is 0 Å². The molecule has 0 fully saturated rings. The van der Waals surface area contributed by atoms with Crippen LogP contribution in [-0.2, 0) is 25.7 Å². The number of aliphatic hydroxyl groups is 1. The Kier molecular flexibility index (Phi) is 4.67. The Morgan fingerprint density at radius 2 is 1.86 bits per heavy atom. The van der Waals surface area contributed by atoms with Gasteiger partial charge in [-0.2, -0.15) is 18.3 Å². The highest BCUT2D eigenvalue weighted by Gasteiger charge is 2.29. The monoisotopic (exact) mass is 298 g/mol. The summed E-state index contributed by atoms with van der Waals surface area (Å²) in [7, 11) is 0. The van der Waals surface area contributed by atoms with Crippen LogP contribution < -0.4 is 0 Å². The molecule has 2 rings (SSSR count). The highest BCUT2D eigenvalue weighted by Crippen LogP contribution is 2.29. The zero-order chi connectivity index (χ0) is 15.5. The molecular formula is C15H17F3N2O. The van der Waals surface area contributed by atoms with Gasteiger partial charge in [-0.15, -0.1) is 0 Å². The summed E-state index contributed by atoms with van der Waals surface area (Å²) in [5.74, 6) is 0. The third-order valence-corrected chi connectivity index (χ3v) is 3.31. The molecule has 0 saturated carbocycles. The normalized spacial score (nSPS) is 11.9. The second-order valence-corrected chi connectivity index (χ2v) is 4.88. The van der Waals surface area contributed by atoms with Gasteiger partial charge in [0.25, 0.3) is 0 Å². The van der Waals surface area contributed by atoms with Crippen LogP contribution in [0, 0.1) is 0 Å². The first kappa shape index (κ1) is 15.6. The molecule has 0 unspecified atom stereocenters. The van der Waals surface area contributed by atoms with E-state index in [2.05, 4.69) is 5.10 Å². The van der Waals surface area contributed by atoms with Crippen molar-refractivity contribution in [2.45, 2.75) is 39.1 Å². The quantitative estimate of drug-likeness (QED) is 0.918. The Morgan fingerprint density at radius 3 is 2.38 bits per heavy atom. The van der Waals surface area contributed by atoms with Crippen LogP contribution in [0.25, 0.3) is 0 Å². The number of halogens is 3. The van der Waals surface area contributed by atoms with Crippen LogP contribution in [0.15, 0.2) is 30.5 Å². The van der Waals surface area contributed by atoms with E-state index < -0.39 is 11.7 Å². The topological polar surface area (TPSA) is 38.1 Å². The zero-order valence-corrected chi connectivity index (χ0v) is 11.7. The van der Waals surface area contributed by atoms with Crippen LogP contribution in [-0.4, -0.2) is 14.9 Å². The third kappa shape index (κ3) is 3.64. The van der Waals surface area contributed by atoms with Gasteiger partial charge in [0, 0.05) is 11.3 Å². The summed E-state index contributed by atoms with van der Waals surface area (Å²) in [5, 5.41) is 13.5. The molecule has 0 bridgehead atoms. The summed E-state index contributed by atoms with van der Waals surface area (Å²) in [6.07, 6.45) is -1.03. The van der Waals surface area contributed by atoms with E-state index in [1.54, 1.807) is 10.9 Å². The van der Waals surface area contributed by atoms with Gasteiger partial charge in [0.15, 0.2) is 0 Å². The molecule has 0 aliphatic rings. The molecule has 1 aromatic heterocycles. The largest absolute Gasteiger partial charge is 0.416 e. The number of nitrogens with zero attached hydrogens (tertiary/aromatic N) is 2. The first-order valence-electron chi connectivity index (χ1n) is 6.76. The summed E-state index contributed by atoms with van der Waals surface area (Å²) >= 11 is 0. The molecule has 6 heteroatoms. The van der Waals surface area contributed by atoms with E-state index in [1.165, 1.54) is 12.1 Å². The van der Waals surface area contributed by atoms with Crippen molar-refractivity contribution in [3.05, 3.63) is 52.8 Å². The smallest absolute Gasteiger partial charge is 0.392 e. The SMILES string of the molecule is CCCc1c(CO)cnn1Cc1ccc(C(F)(F)F)cc1. The summed E-state index contributed by atoms with van der Waals surface area (Å²) in [4.78, 5) is 0. The van der Waals surface area contributed by atoms with Gasteiger partial charge in [-0.3, -0.25) is 4.68 Å². The third-order valence-electron chi connectivity index (χ3n) is 3.31. The predicted molar refractivity (Wildman–Crippen MR) is 72.7 cm³/mol. The average Bonchev–Trinajstić information content (AvgIpc) is 2.81. The van der Waals surface area contributed by atoms with Gasteiger partial charge in [-0.1, -0.05) is 25.5 Å². The fourth-order valence-electron chi connectivity index (χ4n) is 2.22. The van der Waals surface area contributed by atoms with Crippen LogP contribution in [0.5, 0.6) is 0 Å². The van der Waals surface area contributed by atoms with Gasteiger partial charge in [-0.05, 0) is 24.1 Å². The van der Waals surface area contributed by atoms with Crippen LogP contribution in [0.3, 0.4) is 0 Å². The van der Waals surface area contributed by atoms with Crippen molar-refractivity contribution in [1.82, 2.24) is 9.78 Å². The molecule has 0 aliphatic carbocycles. The molecule has 1 N–H and O–H groups in total. The average molecular weight is 298 g/mol. The lowest BCUT2D eigenvalue weighted by atomic mass is 10.1. The van der Waals surface area contributed by atoms with Crippen molar-refractivity contribution in [3.8, 4) is 0 Å². The summed E-state index contributed by atoms with van der Waals surface area (Å²) in [5.41, 5.74) is 1.79. The molecule has 0 radical (unpaired) electrons. The maximum absolute atomic E-state index is 12.5. The standard InChI is InChI=1S/C15H17F3N2O/c1-2-3-14-12(10-21)8-19-20(14)9-11-4-6-13(7-5-11)15(16,17)18/h4-8,21H,2-3,9-10H2,1H3. The van der Waals surface area contributed by atoms with Gasteiger partial charge in [0.05, 0.1) is 24.9 Å². The number of aromatic nitrogens is 2. The Bertz CT molecular complexity index is 588. The molecule has 114 valence electrons. The molecule has 3 nitrogen and oxygen atoms in total. The molecule has 0 atom stereocenters. The zero-order valence-electron chi connectivity index (χ0n) is 11.7. The lowest BCUT2D eigenvalue weighted by Gasteiger charge is -2.10. The molecule has 0 amide bonds. The first-order valence-corrected chi connectivity index (χ1v) is 6.76. The van der Waals surface area contributed by atoms with Gasteiger partial charge < -0.3 is 5.11 Å². The van der Waals surface area contributed by atoms with Gasteiger partial charge in [-0.25, -0.2) is 0 Å². The molecule has 2 aromatic rings. The summed E-state index contributed by atoms with van der Waals surface area (Å²) in [6, 6.07) is 5.06. The van der Waals surface area contributed by atoms with E-state index in [4.69, 9.17) is 0 Å². The maximum Gasteiger partial charge on any atom is 0.416 e. The molecule has 0 aliphatic heterocycles. The molecular weight excluding hydrogens is 281 g/mol. The lowest BCUT2D eigenvalue weighted by Crippen LogP contribution is -2.09. The number of hydrogen-bond donors (Lipinski definition) is 1. The second-order valence-electron chi connectivity index (χ2n) is 4.88.